The van der Waals surface area contributed by atoms with E-state index in [-0.39, 0.29) is 16.9 Å². The van der Waals surface area contributed by atoms with Gasteiger partial charge in [0.1, 0.15) is 5.82 Å². The van der Waals surface area contributed by atoms with Crippen LogP contribution < -0.4 is 5.32 Å². The number of nitrogens with zero attached hydrogens (tertiary/aromatic N) is 2. The first-order chi connectivity index (χ1) is 9.61. The largest absolute Gasteiger partial charge is 0.309 e. The third-order valence-electron chi connectivity index (χ3n) is 3.07. The average molecular weight is 314 g/mol. The zero-order valence-corrected chi connectivity index (χ0v) is 13.1. The number of aryl methyl sites for hydroxylation is 1. The van der Waals surface area contributed by atoms with E-state index in [1.54, 1.807) is 6.07 Å². The SMILES string of the molecule is CCCNC(Cc1ccc(Cl)c(F)c1)c1snnc1C. The highest BCUT2D eigenvalue weighted by molar-refractivity contribution is 7.05. The standard InChI is InChI=1S/C14H17ClFN3S/c1-3-6-17-13(14-9(2)18-19-20-14)8-10-4-5-11(15)12(16)7-10/h4-5,7,13,17H,3,6,8H2,1-2H3. The van der Waals surface area contributed by atoms with Gasteiger partial charge in [0.15, 0.2) is 0 Å². The van der Waals surface area contributed by atoms with E-state index in [9.17, 15) is 4.39 Å². The maximum absolute atomic E-state index is 13.5. The maximum atomic E-state index is 13.5. The van der Waals surface area contributed by atoms with E-state index in [2.05, 4.69) is 21.8 Å². The second-order valence-corrected chi connectivity index (χ2v) is 5.87. The van der Waals surface area contributed by atoms with E-state index >= 15 is 0 Å². The molecule has 1 N–H and O–H groups in total. The molecule has 1 unspecified atom stereocenters. The van der Waals surface area contributed by atoms with Gasteiger partial charge in [-0.15, -0.1) is 5.10 Å². The third kappa shape index (κ3) is 3.75. The van der Waals surface area contributed by atoms with E-state index in [4.69, 9.17) is 11.6 Å². The van der Waals surface area contributed by atoms with Gasteiger partial charge < -0.3 is 5.32 Å². The summed E-state index contributed by atoms with van der Waals surface area (Å²) in [7, 11) is 0. The Balaban J connectivity index is 2.19. The minimum absolute atomic E-state index is 0.107. The van der Waals surface area contributed by atoms with Crippen molar-refractivity contribution in [3.8, 4) is 0 Å². The predicted molar refractivity (Wildman–Crippen MR) is 80.8 cm³/mol. The van der Waals surface area contributed by atoms with Gasteiger partial charge in [0.25, 0.3) is 0 Å². The highest BCUT2D eigenvalue weighted by Crippen LogP contribution is 2.25. The summed E-state index contributed by atoms with van der Waals surface area (Å²) in [5.41, 5.74) is 1.84. The average Bonchev–Trinajstić information content (AvgIpc) is 2.85. The summed E-state index contributed by atoms with van der Waals surface area (Å²) in [6, 6.07) is 5.05. The number of hydrogen-bond acceptors (Lipinski definition) is 4. The van der Waals surface area contributed by atoms with Crippen molar-refractivity contribution in [1.82, 2.24) is 14.9 Å². The molecule has 3 nitrogen and oxygen atoms in total. The predicted octanol–water partition coefficient (Wildman–Crippen LogP) is 3.92. The fraction of sp³-hybridized carbons (Fsp3) is 0.429. The molecule has 0 bridgehead atoms. The van der Waals surface area contributed by atoms with Crippen molar-refractivity contribution in [1.29, 1.82) is 0 Å². The van der Waals surface area contributed by atoms with Crippen LogP contribution in [0.25, 0.3) is 0 Å². The lowest BCUT2D eigenvalue weighted by atomic mass is 10.0. The van der Waals surface area contributed by atoms with Gasteiger partial charge in [0, 0.05) is 6.04 Å². The quantitative estimate of drug-likeness (QED) is 0.878. The van der Waals surface area contributed by atoms with Crippen LogP contribution in [0.1, 0.15) is 35.5 Å². The molecule has 20 heavy (non-hydrogen) atoms. The van der Waals surface area contributed by atoms with Crippen molar-refractivity contribution in [2.75, 3.05) is 6.54 Å². The lowest BCUT2D eigenvalue weighted by molar-refractivity contribution is 0.531. The van der Waals surface area contributed by atoms with E-state index in [1.165, 1.54) is 17.6 Å². The molecule has 0 aliphatic carbocycles. The van der Waals surface area contributed by atoms with Crippen LogP contribution in [0.5, 0.6) is 0 Å². The Kier molecular flexibility index (Phi) is 5.46. The molecule has 0 aliphatic rings. The summed E-state index contributed by atoms with van der Waals surface area (Å²) in [4.78, 5) is 1.11. The summed E-state index contributed by atoms with van der Waals surface area (Å²) in [5.74, 6) is -0.377. The van der Waals surface area contributed by atoms with E-state index in [1.807, 2.05) is 13.0 Å². The van der Waals surface area contributed by atoms with Crippen molar-refractivity contribution in [2.45, 2.75) is 32.7 Å². The number of nitrogens with one attached hydrogen (secondary N) is 1. The van der Waals surface area contributed by atoms with Gasteiger partial charge in [-0.2, -0.15) is 0 Å². The molecule has 2 rings (SSSR count). The number of halogens is 2. The van der Waals surface area contributed by atoms with Crippen molar-refractivity contribution in [3.63, 3.8) is 0 Å². The summed E-state index contributed by atoms with van der Waals surface area (Å²) in [6.07, 6.45) is 1.73. The first-order valence-electron chi connectivity index (χ1n) is 6.58. The van der Waals surface area contributed by atoms with Crippen LogP contribution in [0.4, 0.5) is 4.39 Å². The zero-order valence-electron chi connectivity index (χ0n) is 11.5. The molecular weight excluding hydrogens is 297 g/mol. The molecule has 0 saturated heterocycles. The summed E-state index contributed by atoms with van der Waals surface area (Å²) >= 11 is 7.11. The van der Waals surface area contributed by atoms with Crippen molar-refractivity contribution in [3.05, 3.63) is 45.2 Å². The zero-order chi connectivity index (χ0) is 14.5. The summed E-state index contributed by atoms with van der Waals surface area (Å²) in [5, 5.41) is 7.68. The minimum Gasteiger partial charge on any atom is -0.309 e. The van der Waals surface area contributed by atoms with Crippen LogP contribution in [-0.2, 0) is 6.42 Å². The van der Waals surface area contributed by atoms with Gasteiger partial charge in [0.05, 0.1) is 15.6 Å². The second kappa shape index (κ2) is 7.11. The Morgan fingerprint density at radius 1 is 1.45 bits per heavy atom. The first-order valence-corrected chi connectivity index (χ1v) is 7.73. The van der Waals surface area contributed by atoms with Crippen LogP contribution >= 0.6 is 23.1 Å². The molecular formula is C14H17ClFN3S. The second-order valence-electron chi connectivity index (χ2n) is 4.68. The number of benzene rings is 1. The molecule has 1 heterocycles. The molecule has 108 valence electrons. The first kappa shape index (κ1) is 15.4. The highest BCUT2D eigenvalue weighted by Gasteiger charge is 2.17. The van der Waals surface area contributed by atoms with E-state index in [0.29, 0.717) is 6.42 Å². The lowest BCUT2D eigenvalue weighted by Crippen LogP contribution is -2.24. The summed E-state index contributed by atoms with van der Waals surface area (Å²) in [6.45, 7) is 4.96. The van der Waals surface area contributed by atoms with Crippen LogP contribution in [0, 0.1) is 12.7 Å². The Bertz CT molecular complexity index is 573. The molecule has 0 fully saturated rings. The van der Waals surface area contributed by atoms with Gasteiger partial charge in [-0.05, 0) is 55.5 Å². The molecule has 0 radical (unpaired) electrons. The fourth-order valence-electron chi connectivity index (χ4n) is 2.04. The lowest BCUT2D eigenvalue weighted by Gasteiger charge is -2.17. The molecule has 1 atom stereocenters. The number of aromatic nitrogens is 2. The van der Waals surface area contributed by atoms with Gasteiger partial charge in [0.2, 0.25) is 0 Å². The molecule has 1 aromatic carbocycles. The van der Waals surface area contributed by atoms with Crippen molar-refractivity contribution >= 4 is 23.1 Å². The Morgan fingerprint density at radius 2 is 2.25 bits per heavy atom. The topological polar surface area (TPSA) is 37.8 Å². The van der Waals surface area contributed by atoms with E-state index < -0.39 is 0 Å². The molecule has 0 aliphatic heterocycles. The minimum atomic E-state index is -0.377. The Labute approximate surface area is 127 Å². The van der Waals surface area contributed by atoms with Gasteiger partial charge >= 0.3 is 0 Å². The molecule has 6 heteroatoms. The molecule has 1 aromatic heterocycles. The van der Waals surface area contributed by atoms with Gasteiger partial charge in [-0.1, -0.05) is 29.1 Å². The van der Waals surface area contributed by atoms with Crippen molar-refractivity contribution in [2.24, 2.45) is 0 Å². The van der Waals surface area contributed by atoms with Crippen LogP contribution in [0.15, 0.2) is 18.2 Å². The van der Waals surface area contributed by atoms with Crippen LogP contribution in [0.2, 0.25) is 5.02 Å². The maximum Gasteiger partial charge on any atom is 0.142 e. The highest BCUT2D eigenvalue weighted by atomic mass is 35.5. The van der Waals surface area contributed by atoms with E-state index in [0.717, 1.165) is 29.1 Å². The van der Waals surface area contributed by atoms with Gasteiger partial charge in [-0.3, -0.25) is 0 Å². The fourth-order valence-corrected chi connectivity index (χ4v) is 2.87. The summed E-state index contributed by atoms with van der Waals surface area (Å²) < 4.78 is 17.5. The third-order valence-corrected chi connectivity index (χ3v) is 4.31. The number of rotatable bonds is 6. The monoisotopic (exact) mass is 313 g/mol. The van der Waals surface area contributed by atoms with Crippen molar-refractivity contribution < 1.29 is 4.39 Å². The molecule has 0 spiro atoms. The Hall–Kier alpha value is -1.04. The smallest absolute Gasteiger partial charge is 0.142 e. The Morgan fingerprint density at radius 3 is 2.85 bits per heavy atom. The number of hydrogen-bond donors (Lipinski definition) is 1. The molecule has 2 aromatic rings. The molecule has 0 saturated carbocycles. The normalized spacial score (nSPS) is 12.6. The van der Waals surface area contributed by atoms with Gasteiger partial charge in [-0.25, -0.2) is 4.39 Å². The van der Waals surface area contributed by atoms with Crippen LogP contribution in [-0.4, -0.2) is 16.1 Å². The van der Waals surface area contributed by atoms with Crippen LogP contribution in [0.3, 0.4) is 0 Å². The molecule has 0 amide bonds.